The molecule has 0 radical (unpaired) electrons. The first-order valence-electron chi connectivity index (χ1n) is 6.85. The molecule has 1 aromatic rings. The fourth-order valence-corrected chi connectivity index (χ4v) is 1.77. The molecule has 0 saturated heterocycles. The van der Waals surface area contributed by atoms with Crippen molar-refractivity contribution in [1.82, 2.24) is 15.1 Å². The lowest BCUT2D eigenvalue weighted by Gasteiger charge is -2.21. The number of carbonyl (C=O) groups is 2. The lowest BCUT2D eigenvalue weighted by Crippen LogP contribution is -2.39. The van der Waals surface area contributed by atoms with Crippen LogP contribution in [-0.4, -0.2) is 51.7 Å². The molecule has 8 heteroatoms. The first-order chi connectivity index (χ1) is 9.77. The molecule has 8 nitrogen and oxygen atoms in total. The van der Waals surface area contributed by atoms with Crippen molar-refractivity contribution < 1.29 is 19.1 Å². The van der Waals surface area contributed by atoms with Gasteiger partial charge in [-0.15, -0.1) is 5.10 Å². The van der Waals surface area contributed by atoms with Gasteiger partial charge in [0.15, 0.2) is 0 Å². The number of carboxylic acids is 1. The Kier molecular flexibility index (Phi) is 6.29. The number of aromatic nitrogens is 2. The Morgan fingerprint density at radius 3 is 2.38 bits per heavy atom. The zero-order chi connectivity index (χ0) is 16.0. The molecule has 0 aliphatic heterocycles. The van der Waals surface area contributed by atoms with Gasteiger partial charge in [-0.2, -0.15) is 0 Å². The quantitative estimate of drug-likeness (QED) is 0.741. The molecule has 0 saturated carbocycles. The van der Waals surface area contributed by atoms with Crippen molar-refractivity contribution in [3.63, 3.8) is 0 Å². The van der Waals surface area contributed by atoms with E-state index in [9.17, 15) is 9.59 Å². The molecule has 1 amide bonds. The third-order valence-electron chi connectivity index (χ3n) is 2.53. The molecule has 0 aliphatic rings. The van der Waals surface area contributed by atoms with E-state index < -0.39 is 5.97 Å². The molecule has 0 fully saturated rings. The van der Waals surface area contributed by atoms with Crippen LogP contribution in [-0.2, 0) is 9.59 Å². The lowest BCUT2D eigenvalue weighted by atomic mass is 10.2. The number of aliphatic carboxylic acids is 1. The topological polar surface area (TPSA) is 109 Å². The first kappa shape index (κ1) is 17.1. The summed E-state index contributed by atoms with van der Waals surface area (Å²) in [7, 11) is 0. The van der Waals surface area contributed by atoms with Crippen molar-refractivity contribution in [3.05, 3.63) is 5.89 Å². The van der Waals surface area contributed by atoms with Crippen LogP contribution in [0.3, 0.4) is 0 Å². The summed E-state index contributed by atoms with van der Waals surface area (Å²) in [6.07, 6.45) is 0. The zero-order valence-electron chi connectivity index (χ0n) is 12.8. The van der Waals surface area contributed by atoms with Gasteiger partial charge in [0, 0.05) is 12.5 Å². The number of anilines is 1. The van der Waals surface area contributed by atoms with Crippen LogP contribution in [0, 0.1) is 5.92 Å². The van der Waals surface area contributed by atoms with Crippen LogP contribution in [0.15, 0.2) is 4.42 Å². The molecular weight excluding hydrogens is 276 g/mol. The second-order valence-corrected chi connectivity index (χ2v) is 5.61. The van der Waals surface area contributed by atoms with E-state index in [0.29, 0.717) is 12.4 Å². The average molecular weight is 298 g/mol. The van der Waals surface area contributed by atoms with Gasteiger partial charge in [0.1, 0.15) is 0 Å². The molecule has 0 unspecified atom stereocenters. The number of carbonyl (C=O) groups excluding carboxylic acids is 1. The summed E-state index contributed by atoms with van der Waals surface area (Å²) in [4.78, 5) is 24.2. The molecule has 1 heterocycles. The monoisotopic (exact) mass is 298 g/mol. The molecule has 0 spiro atoms. The summed E-state index contributed by atoms with van der Waals surface area (Å²) < 4.78 is 5.27. The van der Waals surface area contributed by atoms with Crippen LogP contribution in [0.25, 0.3) is 0 Å². The maximum absolute atomic E-state index is 11.9. The predicted octanol–water partition coefficient (Wildman–Crippen LogP) is 1.17. The summed E-state index contributed by atoms with van der Waals surface area (Å²) >= 11 is 0. The van der Waals surface area contributed by atoms with E-state index >= 15 is 0 Å². The van der Waals surface area contributed by atoms with Crippen LogP contribution in [0.5, 0.6) is 0 Å². The maximum atomic E-state index is 11.9. The van der Waals surface area contributed by atoms with Crippen LogP contribution >= 0.6 is 0 Å². The third-order valence-corrected chi connectivity index (χ3v) is 2.53. The number of amides is 1. The molecule has 0 atom stereocenters. The highest BCUT2D eigenvalue weighted by Gasteiger charge is 2.17. The van der Waals surface area contributed by atoms with Gasteiger partial charge < -0.3 is 9.52 Å². The summed E-state index contributed by atoms with van der Waals surface area (Å²) in [5.41, 5.74) is 0. The number of carboxylic acid groups (broad SMARTS) is 1. The van der Waals surface area contributed by atoms with Gasteiger partial charge in [0.2, 0.25) is 11.8 Å². The number of nitrogens with one attached hydrogen (secondary N) is 1. The molecule has 21 heavy (non-hydrogen) atoms. The predicted molar refractivity (Wildman–Crippen MR) is 75.9 cm³/mol. The molecular formula is C13H22N4O4. The van der Waals surface area contributed by atoms with Crippen molar-refractivity contribution in [2.45, 2.75) is 33.6 Å². The summed E-state index contributed by atoms with van der Waals surface area (Å²) in [5, 5.41) is 18.9. The Balaban J connectivity index is 2.57. The van der Waals surface area contributed by atoms with Crippen LogP contribution < -0.4 is 5.32 Å². The first-order valence-corrected chi connectivity index (χ1v) is 6.85. The smallest absolute Gasteiger partial charge is 0.322 e. The minimum absolute atomic E-state index is 0.0310. The number of rotatable bonds is 8. The number of hydrogen-bond acceptors (Lipinski definition) is 6. The van der Waals surface area contributed by atoms with Crippen LogP contribution in [0.1, 0.15) is 39.5 Å². The summed E-state index contributed by atoms with van der Waals surface area (Å²) in [5.74, 6) is -0.574. The van der Waals surface area contributed by atoms with Crippen LogP contribution in [0.2, 0.25) is 0 Å². The van der Waals surface area contributed by atoms with Gasteiger partial charge >= 0.3 is 12.0 Å². The Morgan fingerprint density at radius 2 is 1.90 bits per heavy atom. The third kappa shape index (κ3) is 6.35. The lowest BCUT2D eigenvalue weighted by molar-refractivity contribution is -0.138. The zero-order valence-corrected chi connectivity index (χ0v) is 12.8. The molecule has 0 aliphatic carbocycles. The summed E-state index contributed by atoms with van der Waals surface area (Å²) in [6.45, 7) is 8.00. The molecule has 0 aromatic carbocycles. The Bertz CT molecular complexity index is 484. The van der Waals surface area contributed by atoms with E-state index in [4.69, 9.17) is 9.52 Å². The highest BCUT2D eigenvalue weighted by molar-refractivity contribution is 5.90. The van der Waals surface area contributed by atoms with E-state index in [0.717, 1.165) is 0 Å². The largest absolute Gasteiger partial charge is 0.480 e. The Morgan fingerprint density at radius 1 is 1.24 bits per heavy atom. The molecule has 118 valence electrons. The van der Waals surface area contributed by atoms with Gasteiger partial charge in [-0.25, -0.2) is 0 Å². The van der Waals surface area contributed by atoms with E-state index in [2.05, 4.69) is 15.5 Å². The van der Waals surface area contributed by atoms with E-state index in [1.165, 1.54) is 0 Å². The van der Waals surface area contributed by atoms with E-state index in [-0.39, 0.29) is 36.8 Å². The van der Waals surface area contributed by atoms with Crippen LogP contribution in [0.4, 0.5) is 6.01 Å². The SMILES string of the molecule is CC(C)CN(CC(=O)O)CC(=O)Nc1nnc(C(C)C)o1. The molecule has 1 aromatic heterocycles. The second kappa shape index (κ2) is 7.72. The highest BCUT2D eigenvalue weighted by Crippen LogP contribution is 2.14. The Hall–Kier alpha value is -1.96. The second-order valence-electron chi connectivity index (χ2n) is 5.61. The van der Waals surface area contributed by atoms with Gasteiger partial charge in [-0.3, -0.25) is 19.8 Å². The van der Waals surface area contributed by atoms with Crippen molar-refractivity contribution >= 4 is 17.9 Å². The molecule has 1 rings (SSSR count). The van der Waals surface area contributed by atoms with Gasteiger partial charge in [-0.05, 0) is 5.92 Å². The van der Waals surface area contributed by atoms with Crippen molar-refractivity contribution in [3.8, 4) is 0 Å². The Labute approximate surface area is 123 Å². The standard InChI is InChI=1S/C13H22N4O4/c1-8(2)5-17(7-11(19)20)6-10(18)14-13-16-15-12(21-13)9(3)4/h8-9H,5-7H2,1-4H3,(H,19,20)(H,14,16,18). The van der Waals surface area contributed by atoms with Crippen molar-refractivity contribution in [1.29, 1.82) is 0 Å². The maximum Gasteiger partial charge on any atom is 0.322 e. The highest BCUT2D eigenvalue weighted by atomic mass is 16.4. The van der Waals surface area contributed by atoms with Crippen molar-refractivity contribution in [2.24, 2.45) is 5.92 Å². The number of nitrogens with zero attached hydrogens (tertiary/aromatic N) is 3. The van der Waals surface area contributed by atoms with E-state index in [1.54, 1.807) is 4.90 Å². The fourth-order valence-electron chi connectivity index (χ4n) is 1.77. The van der Waals surface area contributed by atoms with Crippen molar-refractivity contribution in [2.75, 3.05) is 25.0 Å². The minimum atomic E-state index is -0.969. The van der Waals surface area contributed by atoms with E-state index in [1.807, 2.05) is 27.7 Å². The van der Waals surface area contributed by atoms with Gasteiger partial charge in [-0.1, -0.05) is 32.8 Å². The molecule has 0 bridgehead atoms. The minimum Gasteiger partial charge on any atom is -0.480 e. The average Bonchev–Trinajstić information content (AvgIpc) is 2.75. The number of hydrogen-bond donors (Lipinski definition) is 2. The van der Waals surface area contributed by atoms with Gasteiger partial charge in [0.05, 0.1) is 13.1 Å². The summed E-state index contributed by atoms with van der Waals surface area (Å²) in [6, 6.07) is 0.0310. The fraction of sp³-hybridized carbons (Fsp3) is 0.692. The molecule has 2 N–H and O–H groups in total. The van der Waals surface area contributed by atoms with Gasteiger partial charge in [0.25, 0.3) is 0 Å². The normalized spacial score (nSPS) is 11.4.